The Morgan fingerprint density at radius 1 is 1.26 bits per heavy atom. The van der Waals surface area contributed by atoms with Gasteiger partial charge in [-0.1, -0.05) is 0 Å². The number of anilines is 2. The zero-order valence-corrected chi connectivity index (χ0v) is 11.9. The number of thiophene rings is 1. The Kier molecular flexibility index (Phi) is 3.20. The topological polar surface area (TPSA) is 58.2 Å². The number of aryl methyl sites for hydroxylation is 1. The van der Waals surface area contributed by atoms with Gasteiger partial charge in [-0.25, -0.2) is 8.42 Å². The van der Waals surface area contributed by atoms with Gasteiger partial charge in [0.25, 0.3) is 10.0 Å². The summed E-state index contributed by atoms with van der Waals surface area (Å²) >= 11 is 1.46. The molecule has 0 spiro atoms. The summed E-state index contributed by atoms with van der Waals surface area (Å²) in [4.78, 5) is 0.321. The van der Waals surface area contributed by atoms with Gasteiger partial charge in [0, 0.05) is 17.6 Å². The molecule has 2 aromatic rings. The highest BCUT2D eigenvalue weighted by Gasteiger charge is 2.17. The second-order valence-electron chi connectivity index (χ2n) is 4.47. The van der Waals surface area contributed by atoms with Gasteiger partial charge in [-0.2, -0.15) is 11.3 Å². The van der Waals surface area contributed by atoms with Crippen LogP contribution < -0.4 is 10.0 Å². The van der Waals surface area contributed by atoms with Crippen molar-refractivity contribution in [2.75, 3.05) is 16.6 Å². The molecule has 0 unspecified atom stereocenters. The van der Waals surface area contributed by atoms with Gasteiger partial charge in [-0.3, -0.25) is 4.72 Å². The molecule has 0 radical (unpaired) electrons. The minimum absolute atomic E-state index is 0.321. The lowest BCUT2D eigenvalue weighted by Gasteiger charge is -2.18. The minimum atomic E-state index is -3.49. The summed E-state index contributed by atoms with van der Waals surface area (Å²) in [5, 5.41) is 6.89. The predicted octanol–water partition coefficient (Wildman–Crippen LogP) is 2.91. The van der Waals surface area contributed by atoms with Crippen molar-refractivity contribution in [1.29, 1.82) is 0 Å². The molecule has 1 aliphatic rings. The van der Waals surface area contributed by atoms with Crippen molar-refractivity contribution in [2.24, 2.45) is 0 Å². The highest BCUT2D eigenvalue weighted by molar-refractivity contribution is 7.92. The van der Waals surface area contributed by atoms with Crippen molar-refractivity contribution in [2.45, 2.75) is 17.7 Å². The third kappa shape index (κ3) is 2.59. The van der Waals surface area contributed by atoms with Crippen LogP contribution in [0.1, 0.15) is 12.0 Å². The van der Waals surface area contributed by atoms with Crippen molar-refractivity contribution < 1.29 is 8.42 Å². The van der Waals surface area contributed by atoms with Crippen molar-refractivity contribution in [3.05, 3.63) is 40.6 Å². The van der Waals surface area contributed by atoms with E-state index in [0.717, 1.165) is 30.6 Å². The lowest BCUT2D eigenvalue weighted by molar-refractivity contribution is 0.601. The first kappa shape index (κ1) is 12.5. The molecule has 2 N–H and O–H groups in total. The van der Waals surface area contributed by atoms with Gasteiger partial charge in [0.2, 0.25) is 0 Å². The van der Waals surface area contributed by atoms with E-state index in [9.17, 15) is 8.42 Å². The predicted molar refractivity (Wildman–Crippen MR) is 78.4 cm³/mol. The molecule has 19 heavy (non-hydrogen) atoms. The monoisotopic (exact) mass is 294 g/mol. The first-order chi connectivity index (χ1) is 9.15. The molecular weight excluding hydrogens is 280 g/mol. The lowest BCUT2D eigenvalue weighted by Crippen LogP contribution is -2.15. The fourth-order valence-electron chi connectivity index (χ4n) is 2.16. The number of fused-ring (bicyclic) bond motifs is 1. The van der Waals surface area contributed by atoms with Crippen LogP contribution in [-0.4, -0.2) is 15.0 Å². The molecule has 4 nitrogen and oxygen atoms in total. The van der Waals surface area contributed by atoms with E-state index >= 15 is 0 Å². The van der Waals surface area contributed by atoms with Gasteiger partial charge < -0.3 is 5.32 Å². The summed E-state index contributed by atoms with van der Waals surface area (Å²) in [5.74, 6) is 0. The lowest BCUT2D eigenvalue weighted by atomic mass is 10.0. The molecule has 2 heterocycles. The maximum Gasteiger partial charge on any atom is 0.261 e. The van der Waals surface area contributed by atoms with Gasteiger partial charge in [-0.15, -0.1) is 0 Å². The average molecular weight is 294 g/mol. The van der Waals surface area contributed by atoms with Crippen LogP contribution in [0.5, 0.6) is 0 Å². The zero-order chi connectivity index (χ0) is 13.3. The summed E-state index contributed by atoms with van der Waals surface area (Å²) in [5.41, 5.74) is 2.72. The maximum atomic E-state index is 12.3. The largest absolute Gasteiger partial charge is 0.385 e. The number of hydrogen-bond acceptors (Lipinski definition) is 4. The molecule has 100 valence electrons. The second-order valence-corrected chi connectivity index (χ2v) is 6.93. The zero-order valence-electron chi connectivity index (χ0n) is 10.2. The van der Waals surface area contributed by atoms with E-state index in [1.54, 1.807) is 23.6 Å². The van der Waals surface area contributed by atoms with E-state index in [4.69, 9.17) is 0 Å². The van der Waals surface area contributed by atoms with E-state index in [0.29, 0.717) is 10.6 Å². The highest BCUT2D eigenvalue weighted by Crippen LogP contribution is 2.26. The number of rotatable bonds is 3. The summed E-state index contributed by atoms with van der Waals surface area (Å²) in [6, 6.07) is 7.00. The molecule has 0 atom stereocenters. The van der Waals surface area contributed by atoms with Crippen LogP contribution >= 0.6 is 11.3 Å². The van der Waals surface area contributed by atoms with E-state index in [1.807, 2.05) is 11.4 Å². The molecule has 0 bridgehead atoms. The smallest absolute Gasteiger partial charge is 0.261 e. The molecule has 6 heteroatoms. The molecule has 1 aromatic carbocycles. The van der Waals surface area contributed by atoms with Gasteiger partial charge >= 0.3 is 0 Å². The molecule has 0 aliphatic carbocycles. The Labute approximate surface area is 116 Å². The number of hydrogen-bond donors (Lipinski definition) is 2. The molecule has 3 rings (SSSR count). The van der Waals surface area contributed by atoms with Crippen LogP contribution in [0.2, 0.25) is 0 Å². The normalized spacial score (nSPS) is 14.5. The quantitative estimate of drug-likeness (QED) is 0.915. The molecule has 1 aliphatic heterocycles. The van der Waals surface area contributed by atoms with Gasteiger partial charge in [0.15, 0.2) is 0 Å². The van der Waals surface area contributed by atoms with Crippen LogP contribution in [0.4, 0.5) is 11.4 Å². The third-order valence-corrected chi connectivity index (χ3v) is 5.16. The number of sulfonamides is 1. The van der Waals surface area contributed by atoms with Crippen molar-refractivity contribution in [3.8, 4) is 0 Å². The Bertz CT molecular complexity index is 679. The van der Waals surface area contributed by atoms with Crippen LogP contribution in [0.3, 0.4) is 0 Å². The third-order valence-electron chi connectivity index (χ3n) is 3.10. The average Bonchev–Trinajstić information content (AvgIpc) is 2.90. The summed E-state index contributed by atoms with van der Waals surface area (Å²) in [7, 11) is -3.49. The van der Waals surface area contributed by atoms with Crippen LogP contribution in [0.25, 0.3) is 0 Å². The van der Waals surface area contributed by atoms with Crippen molar-refractivity contribution in [3.63, 3.8) is 0 Å². The molecule has 0 saturated carbocycles. The van der Waals surface area contributed by atoms with E-state index in [1.165, 1.54) is 11.3 Å². The first-order valence-corrected chi connectivity index (χ1v) is 8.49. The summed E-state index contributed by atoms with van der Waals surface area (Å²) < 4.78 is 27.1. The fraction of sp³-hybridized carbons (Fsp3) is 0.231. The van der Waals surface area contributed by atoms with E-state index in [2.05, 4.69) is 10.0 Å². The molecular formula is C13H14N2O2S2. The van der Waals surface area contributed by atoms with Crippen LogP contribution in [0.15, 0.2) is 39.9 Å². The van der Waals surface area contributed by atoms with Crippen LogP contribution in [-0.2, 0) is 16.4 Å². The molecule has 0 saturated heterocycles. The maximum absolute atomic E-state index is 12.3. The number of nitrogens with one attached hydrogen (secondary N) is 2. The summed E-state index contributed by atoms with van der Waals surface area (Å²) in [6.45, 7) is 0.951. The van der Waals surface area contributed by atoms with Crippen molar-refractivity contribution >= 4 is 32.7 Å². The van der Waals surface area contributed by atoms with Crippen LogP contribution in [0, 0.1) is 0 Å². The van der Waals surface area contributed by atoms with Crippen molar-refractivity contribution in [1.82, 2.24) is 0 Å². The highest BCUT2D eigenvalue weighted by atomic mass is 32.2. The minimum Gasteiger partial charge on any atom is -0.385 e. The summed E-state index contributed by atoms with van der Waals surface area (Å²) in [6.07, 6.45) is 1.96. The fourth-order valence-corrected chi connectivity index (χ4v) is 3.92. The molecule has 0 amide bonds. The van der Waals surface area contributed by atoms with E-state index < -0.39 is 10.0 Å². The first-order valence-electron chi connectivity index (χ1n) is 6.07. The Morgan fingerprint density at radius 3 is 2.95 bits per heavy atom. The van der Waals surface area contributed by atoms with Gasteiger partial charge in [0.1, 0.15) is 0 Å². The van der Waals surface area contributed by atoms with Gasteiger partial charge in [-0.05, 0) is 48.1 Å². The standard InChI is InChI=1S/C13H14N2O2S2/c16-19(17,15-11-5-7-18-9-11)12-3-4-13-10(8-12)2-1-6-14-13/h3-5,7-9,14-15H,1-2,6H2. The Morgan fingerprint density at radius 2 is 2.16 bits per heavy atom. The molecule has 1 aromatic heterocycles. The SMILES string of the molecule is O=S(=O)(Nc1ccsc1)c1ccc2c(c1)CCCN2. The molecule has 0 fully saturated rings. The Balaban J connectivity index is 1.93. The second kappa shape index (κ2) is 4.86. The number of benzene rings is 1. The van der Waals surface area contributed by atoms with E-state index in [-0.39, 0.29) is 0 Å². The van der Waals surface area contributed by atoms with Gasteiger partial charge in [0.05, 0.1) is 10.6 Å². The Hall–Kier alpha value is -1.53.